The Morgan fingerprint density at radius 3 is 1.79 bits per heavy atom. The summed E-state index contributed by atoms with van der Waals surface area (Å²) in [6, 6.07) is 7.20. The number of carbonyl (C=O) groups is 1. The standard InChI is InChI=1S/C7H5BrO.C3H8.C2H6/c8-7-3-1-6(5-9)2-4-7;1-3-2;1-2/h1-5H;3H2,1-2H3;1-2H3. The minimum absolute atomic E-state index is 0.707. The van der Waals surface area contributed by atoms with Crippen molar-refractivity contribution in [3.63, 3.8) is 0 Å². The van der Waals surface area contributed by atoms with Gasteiger partial charge in [-0.1, -0.05) is 62.2 Å². The summed E-state index contributed by atoms with van der Waals surface area (Å²) in [5.41, 5.74) is 0.707. The van der Waals surface area contributed by atoms with Gasteiger partial charge in [-0.15, -0.1) is 0 Å². The van der Waals surface area contributed by atoms with Gasteiger partial charge in [0.15, 0.2) is 0 Å². The highest BCUT2D eigenvalue weighted by atomic mass is 79.9. The van der Waals surface area contributed by atoms with E-state index in [1.165, 1.54) is 6.42 Å². The zero-order chi connectivity index (χ0) is 11.4. The van der Waals surface area contributed by atoms with E-state index >= 15 is 0 Å². The lowest BCUT2D eigenvalue weighted by Crippen LogP contribution is -1.75. The van der Waals surface area contributed by atoms with Gasteiger partial charge in [-0.25, -0.2) is 0 Å². The molecule has 1 aromatic rings. The van der Waals surface area contributed by atoms with Gasteiger partial charge in [0, 0.05) is 10.0 Å². The van der Waals surface area contributed by atoms with Crippen LogP contribution in [0.25, 0.3) is 0 Å². The van der Waals surface area contributed by atoms with Gasteiger partial charge in [-0.3, -0.25) is 4.79 Å². The molecule has 1 nitrogen and oxygen atoms in total. The van der Waals surface area contributed by atoms with Crippen LogP contribution in [0.4, 0.5) is 0 Å². The minimum atomic E-state index is 0.707. The maximum Gasteiger partial charge on any atom is 0.150 e. The maximum atomic E-state index is 10.1. The zero-order valence-corrected chi connectivity index (χ0v) is 11.0. The third-order valence-electron chi connectivity index (χ3n) is 1.01. The van der Waals surface area contributed by atoms with Crippen molar-refractivity contribution in [1.29, 1.82) is 0 Å². The van der Waals surface area contributed by atoms with E-state index in [0.29, 0.717) is 5.56 Å². The van der Waals surface area contributed by atoms with Gasteiger partial charge in [-0.05, 0) is 12.1 Å². The fourth-order valence-corrected chi connectivity index (χ4v) is 0.806. The van der Waals surface area contributed by atoms with Crippen LogP contribution in [0.3, 0.4) is 0 Å². The molecule has 0 radical (unpaired) electrons. The molecule has 0 unspecified atom stereocenters. The average Bonchev–Trinajstić information content (AvgIpc) is 2.23. The van der Waals surface area contributed by atoms with Crippen LogP contribution in [0.15, 0.2) is 28.7 Å². The Morgan fingerprint density at radius 1 is 1.14 bits per heavy atom. The van der Waals surface area contributed by atoms with Crippen LogP contribution in [0.1, 0.15) is 44.5 Å². The Kier molecular flexibility index (Phi) is 14.0. The number of halogens is 1. The van der Waals surface area contributed by atoms with Gasteiger partial charge >= 0.3 is 0 Å². The number of rotatable bonds is 1. The number of hydrogen-bond donors (Lipinski definition) is 0. The van der Waals surface area contributed by atoms with E-state index in [1.807, 2.05) is 26.0 Å². The quantitative estimate of drug-likeness (QED) is 0.668. The van der Waals surface area contributed by atoms with E-state index in [1.54, 1.807) is 12.1 Å². The summed E-state index contributed by atoms with van der Waals surface area (Å²) in [7, 11) is 0. The van der Waals surface area contributed by atoms with Crippen LogP contribution in [-0.2, 0) is 0 Å². The smallest absolute Gasteiger partial charge is 0.150 e. The predicted octanol–water partition coefficient (Wildman–Crippen LogP) is 4.70. The third-order valence-corrected chi connectivity index (χ3v) is 1.53. The molecule has 2 heteroatoms. The van der Waals surface area contributed by atoms with Crippen LogP contribution in [0.5, 0.6) is 0 Å². The van der Waals surface area contributed by atoms with Crippen LogP contribution in [0, 0.1) is 0 Å². The van der Waals surface area contributed by atoms with Crippen molar-refractivity contribution in [1.82, 2.24) is 0 Å². The van der Waals surface area contributed by atoms with Crippen molar-refractivity contribution in [2.75, 3.05) is 0 Å². The van der Waals surface area contributed by atoms with Crippen LogP contribution < -0.4 is 0 Å². The van der Waals surface area contributed by atoms with E-state index < -0.39 is 0 Å². The van der Waals surface area contributed by atoms with Crippen molar-refractivity contribution < 1.29 is 4.79 Å². The highest BCUT2D eigenvalue weighted by Gasteiger charge is 1.86. The molecule has 0 fully saturated rings. The molecular formula is C12H19BrO. The maximum absolute atomic E-state index is 10.1. The first-order chi connectivity index (χ1) is 6.74. The van der Waals surface area contributed by atoms with E-state index in [-0.39, 0.29) is 0 Å². The predicted molar refractivity (Wildman–Crippen MR) is 66.8 cm³/mol. The molecule has 0 heterocycles. The third kappa shape index (κ3) is 9.46. The Hall–Kier alpha value is -0.630. The van der Waals surface area contributed by atoms with Crippen molar-refractivity contribution in [2.24, 2.45) is 0 Å². The number of hydrogen-bond acceptors (Lipinski definition) is 1. The Bertz CT molecular complexity index is 216. The monoisotopic (exact) mass is 258 g/mol. The van der Waals surface area contributed by atoms with Crippen LogP contribution >= 0.6 is 15.9 Å². The fourth-order valence-electron chi connectivity index (χ4n) is 0.541. The van der Waals surface area contributed by atoms with Gasteiger partial charge in [0.25, 0.3) is 0 Å². The van der Waals surface area contributed by atoms with E-state index in [0.717, 1.165) is 10.8 Å². The first kappa shape index (κ1) is 15.8. The number of benzene rings is 1. The van der Waals surface area contributed by atoms with Crippen molar-refractivity contribution in [3.05, 3.63) is 34.3 Å². The number of carbonyl (C=O) groups excluding carboxylic acids is 1. The van der Waals surface area contributed by atoms with Crippen LogP contribution in [-0.4, -0.2) is 6.29 Å². The molecule has 0 amide bonds. The van der Waals surface area contributed by atoms with E-state index in [4.69, 9.17) is 0 Å². The van der Waals surface area contributed by atoms with Gasteiger partial charge < -0.3 is 0 Å². The molecule has 0 aromatic heterocycles. The largest absolute Gasteiger partial charge is 0.298 e. The topological polar surface area (TPSA) is 17.1 Å². The second kappa shape index (κ2) is 12.4. The highest BCUT2D eigenvalue weighted by molar-refractivity contribution is 9.10. The fraction of sp³-hybridized carbons (Fsp3) is 0.417. The Balaban J connectivity index is 0. The summed E-state index contributed by atoms with van der Waals surface area (Å²) in [5.74, 6) is 0. The molecule has 0 bridgehead atoms. The summed E-state index contributed by atoms with van der Waals surface area (Å²) in [5, 5.41) is 0. The van der Waals surface area contributed by atoms with Crippen LogP contribution in [0.2, 0.25) is 0 Å². The molecule has 0 saturated heterocycles. The summed E-state index contributed by atoms with van der Waals surface area (Å²) >= 11 is 3.26. The molecular weight excluding hydrogens is 240 g/mol. The second-order valence-electron chi connectivity index (χ2n) is 2.38. The first-order valence-corrected chi connectivity index (χ1v) is 5.74. The number of aldehydes is 1. The second-order valence-corrected chi connectivity index (χ2v) is 3.29. The molecule has 1 aromatic carbocycles. The molecule has 0 saturated carbocycles. The molecule has 14 heavy (non-hydrogen) atoms. The molecule has 0 N–H and O–H groups in total. The van der Waals surface area contributed by atoms with E-state index in [9.17, 15) is 4.79 Å². The lowest BCUT2D eigenvalue weighted by atomic mass is 10.2. The van der Waals surface area contributed by atoms with Gasteiger partial charge in [0.05, 0.1) is 0 Å². The molecule has 0 aliphatic rings. The summed E-state index contributed by atoms with van der Waals surface area (Å²) < 4.78 is 0.994. The normalized spacial score (nSPS) is 7.50. The molecule has 0 spiro atoms. The van der Waals surface area contributed by atoms with E-state index in [2.05, 4.69) is 29.8 Å². The lowest BCUT2D eigenvalue weighted by Gasteiger charge is -1.87. The van der Waals surface area contributed by atoms with Crippen molar-refractivity contribution in [2.45, 2.75) is 34.1 Å². The van der Waals surface area contributed by atoms with Gasteiger partial charge in [0.2, 0.25) is 0 Å². The molecule has 0 aliphatic heterocycles. The molecule has 0 aliphatic carbocycles. The SMILES string of the molecule is CC.CCC.O=Cc1ccc(Br)cc1. The molecule has 80 valence electrons. The lowest BCUT2D eigenvalue weighted by molar-refractivity contribution is 0.112. The minimum Gasteiger partial charge on any atom is -0.298 e. The molecule has 0 atom stereocenters. The summed E-state index contributed by atoms with van der Waals surface area (Å²) in [6.07, 6.45) is 2.08. The van der Waals surface area contributed by atoms with Gasteiger partial charge in [-0.2, -0.15) is 0 Å². The molecule has 1 rings (SSSR count). The Labute approximate surface area is 95.7 Å². The first-order valence-electron chi connectivity index (χ1n) is 4.95. The van der Waals surface area contributed by atoms with Crippen molar-refractivity contribution in [3.8, 4) is 0 Å². The Morgan fingerprint density at radius 2 is 1.50 bits per heavy atom. The zero-order valence-electron chi connectivity index (χ0n) is 9.38. The summed E-state index contributed by atoms with van der Waals surface area (Å²) in [6.45, 7) is 8.25. The summed E-state index contributed by atoms with van der Waals surface area (Å²) in [4.78, 5) is 10.1. The highest BCUT2D eigenvalue weighted by Crippen LogP contribution is 2.08. The van der Waals surface area contributed by atoms with Crippen molar-refractivity contribution >= 4 is 22.2 Å². The van der Waals surface area contributed by atoms with Gasteiger partial charge in [0.1, 0.15) is 6.29 Å². The average molecular weight is 259 g/mol.